The highest BCUT2D eigenvalue weighted by Gasteiger charge is 2.06. The van der Waals surface area contributed by atoms with E-state index in [9.17, 15) is 5.11 Å². The highest BCUT2D eigenvalue weighted by molar-refractivity contribution is 6.42. The Morgan fingerprint density at radius 2 is 1.85 bits per heavy atom. The number of rotatable bonds is 4. The molecule has 1 unspecified atom stereocenters. The van der Waals surface area contributed by atoms with Crippen molar-refractivity contribution in [3.05, 3.63) is 63.1 Å². The lowest BCUT2D eigenvalue weighted by Crippen LogP contribution is -1.99. The van der Waals surface area contributed by atoms with Gasteiger partial charge in [-0.25, -0.2) is 0 Å². The number of ether oxygens (including phenoxy) is 1. The number of hydrogen-bond donors (Lipinski definition) is 1. The largest absolute Gasteiger partial charge is 0.489 e. The number of aliphatic hydroxyl groups is 1. The van der Waals surface area contributed by atoms with Crippen LogP contribution in [0.4, 0.5) is 0 Å². The Morgan fingerprint density at radius 1 is 1.10 bits per heavy atom. The van der Waals surface area contributed by atoms with Crippen molar-refractivity contribution in [3.63, 3.8) is 0 Å². The molecule has 2 rings (SSSR count). The summed E-state index contributed by atoms with van der Waals surface area (Å²) in [5.74, 6) is 0.792. The standard InChI is InChI=1S/C16H16Cl2O2/c1-10-7-13(11(2)19)4-6-16(10)20-9-12-3-5-14(17)15(18)8-12/h3-8,11,19H,9H2,1-2H3. The summed E-state index contributed by atoms with van der Waals surface area (Å²) in [6.07, 6.45) is -0.474. The molecule has 0 aliphatic carbocycles. The summed E-state index contributed by atoms with van der Waals surface area (Å²) in [6.45, 7) is 4.12. The molecule has 20 heavy (non-hydrogen) atoms. The molecule has 0 aliphatic rings. The Kier molecular flexibility index (Phi) is 4.92. The molecule has 1 atom stereocenters. The van der Waals surface area contributed by atoms with Gasteiger partial charge >= 0.3 is 0 Å². The van der Waals surface area contributed by atoms with E-state index in [4.69, 9.17) is 27.9 Å². The van der Waals surface area contributed by atoms with Gasteiger partial charge in [-0.15, -0.1) is 0 Å². The molecule has 2 aromatic rings. The van der Waals surface area contributed by atoms with Crippen molar-refractivity contribution in [1.82, 2.24) is 0 Å². The lowest BCUT2D eigenvalue weighted by Gasteiger charge is -2.12. The molecule has 0 radical (unpaired) electrons. The van der Waals surface area contributed by atoms with E-state index in [1.807, 2.05) is 31.2 Å². The van der Waals surface area contributed by atoms with E-state index in [-0.39, 0.29) is 0 Å². The summed E-state index contributed by atoms with van der Waals surface area (Å²) in [7, 11) is 0. The molecule has 0 saturated heterocycles. The number of aliphatic hydroxyl groups excluding tert-OH is 1. The normalized spacial score (nSPS) is 12.2. The van der Waals surface area contributed by atoms with Gasteiger partial charge in [0.25, 0.3) is 0 Å². The third-order valence-electron chi connectivity index (χ3n) is 3.06. The second kappa shape index (κ2) is 6.49. The van der Waals surface area contributed by atoms with Crippen LogP contribution in [0, 0.1) is 6.92 Å². The molecule has 1 N–H and O–H groups in total. The number of hydrogen-bond acceptors (Lipinski definition) is 2. The Balaban J connectivity index is 2.09. The summed E-state index contributed by atoms with van der Waals surface area (Å²) in [4.78, 5) is 0. The van der Waals surface area contributed by atoms with Crippen LogP contribution in [0.2, 0.25) is 10.0 Å². The van der Waals surface area contributed by atoms with Crippen molar-refractivity contribution in [2.24, 2.45) is 0 Å². The first-order chi connectivity index (χ1) is 9.47. The molecule has 0 aromatic heterocycles. The maximum absolute atomic E-state index is 9.54. The van der Waals surface area contributed by atoms with Crippen LogP contribution in [0.1, 0.15) is 29.7 Å². The predicted molar refractivity (Wildman–Crippen MR) is 82.6 cm³/mol. The van der Waals surface area contributed by atoms with Gasteiger partial charge in [-0.3, -0.25) is 0 Å². The van der Waals surface area contributed by atoms with Crippen LogP contribution in [0.15, 0.2) is 36.4 Å². The van der Waals surface area contributed by atoms with Crippen molar-refractivity contribution >= 4 is 23.2 Å². The van der Waals surface area contributed by atoms with E-state index in [2.05, 4.69) is 0 Å². The zero-order chi connectivity index (χ0) is 14.7. The van der Waals surface area contributed by atoms with Gasteiger partial charge in [0.2, 0.25) is 0 Å². The molecule has 0 aliphatic heterocycles. The van der Waals surface area contributed by atoms with E-state index in [1.165, 1.54) is 0 Å². The summed E-state index contributed by atoms with van der Waals surface area (Å²) in [5.41, 5.74) is 2.83. The van der Waals surface area contributed by atoms with Gasteiger partial charge in [0, 0.05) is 0 Å². The minimum Gasteiger partial charge on any atom is -0.489 e. The Morgan fingerprint density at radius 3 is 2.45 bits per heavy atom. The zero-order valence-corrected chi connectivity index (χ0v) is 12.9. The summed E-state index contributed by atoms with van der Waals surface area (Å²) in [5, 5.41) is 10.6. The van der Waals surface area contributed by atoms with E-state index >= 15 is 0 Å². The fourth-order valence-electron chi connectivity index (χ4n) is 1.88. The average molecular weight is 311 g/mol. The van der Waals surface area contributed by atoms with Gasteiger partial charge in [0.05, 0.1) is 16.1 Å². The average Bonchev–Trinajstić information content (AvgIpc) is 2.41. The summed E-state index contributed by atoms with van der Waals surface area (Å²) < 4.78 is 5.77. The molecule has 0 spiro atoms. The highest BCUT2D eigenvalue weighted by atomic mass is 35.5. The van der Waals surface area contributed by atoms with Gasteiger partial charge in [0.15, 0.2) is 0 Å². The number of aryl methyl sites for hydroxylation is 1. The van der Waals surface area contributed by atoms with Gasteiger partial charge in [-0.2, -0.15) is 0 Å². The van der Waals surface area contributed by atoms with Gasteiger partial charge in [-0.1, -0.05) is 35.3 Å². The smallest absolute Gasteiger partial charge is 0.122 e. The first kappa shape index (κ1) is 15.2. The van der Waals surface area contributed by atoms with Crippen molar-refractivity contribution in [1.29, 1.82) is 0 Å². The Labute approximate surface area is 128 Å². The van der Waals surface area contributed by atoms with E-state index in [1.54, 1.807) is 19.1 Å². The second-order valence-electron chi connectivity index (χ2n) is 4.74. The Bertz CT molecular complexity index is 609. The molecule has 0 amide bonds. The van der Waals surface area contributed by atoms with Crippen LogP contribution >= 0.6 is 23.2 Å². The van der Waals surface area contributed by atoms with Crippen molar-refractivity contribution < 1.29 is 9.84 Å². The fraction of sp³-hybridized carbons (Fsp3) is 0.250. The zero-order valence-electron chi connectivity index (χ0n) is 11.4. The molecule has 2 aromatic carbocycles. The van der Waals surface area contributed by atoms with Crippen LogP contribution in [-0.2, 0) is 6.61 Å². The monoisotopic (exact) mass is 310 g/mol. The van der Waals surface area contributed by atoms with Crippen LogP contribution in [0.25, 0.3) is 0 Å². The molecule has 0 fully saturated rings. The van der Waals surface area contributed by atoms with E-state index < -0.39 is 6.10 Å². The lowest BCUT2D eigenvalue weighted by atomic mass is 10.1. The molecular weight excluding hydrogens is 295 g/mol. The van der Waals surface area contributed by atoms with Crippen LogP contribution in [0.3, 0.4) is 0 Å². The molecule has 2 nitrogen and oxygen atoms in total. The molecular formula is C16H16Cl2O2. The third kappa shape index (κ3) is 3.66. The first-order valence-electron chi connectivity index (χ1n) is 6.32. The maximum Gasteiger partial charge on any atom is 0.122 e. The minimum atomic E-state index is -0.474. The van der Waals surface area contributed by atoms with Crippen molar-refractivity contribution in [2.75, 3.05) is 0 Å². The third-order valence-corrected chi connectivity index (χ3v) is 3.80. The molecule has 0 heterocycles. The van der Waals surface area contributed by atoms with Gasteiger partial charge < -0.3 is 9.84 Å². The molecule has 0 saturated carbocycles. The summed E-state index contributed by atoms with van der Waals surface area (Å²) >= 11 is 11.8. The van der Waals surface area contributed by atoms with Gasteiger partial charge in [-0.05, 0) is 54.8 Å². The minimum absolute atomic E-state index is 0.422. The highest BCUT2D eigenvalue weighted by Crippen LogP contribution is 2.25. The van der Waals surface area contributed by atoms with E-state index in [0.29, 0.717) is 16.7 Å². The number of halogens is 2. The predicted octanol–water partition coefficient (Wildman–Crippen LogP) is 4.93. The van der Waals surface area contributed by atoms with Crippen LogP contribution in [-0.4, -0.2) is 5.11 Å². The Hall–Kier alpha value is -1.22. The quantitative estimate of drug-likeness (QED) is 0.867. The second-order valence-corrected chi connectivity index (χ2v) is 5.55. The topological polar surface area (TPSA) is 29.5 Å². The number of benzene rings is 2. The molecule has 0 bridgehead atoms. The fourth-order valence-corrected chi connectivity index (χ4v) is 2.21. The summed E-state index contributed by atoms with van der Waals surface area (Å²) in [6, 6.07) is 11.1. The maximum atomic E-state index is 9.54. The van der Waals surface area contributed by atoms with Gasteiger partial charge in [0.1, 0.15) is 12.4 Å². The first-order valence-corrected chi connectivity index (χ1v) is 7.08. The molecule has 4 heteroatoms. The van der Waals surface area contributed by atoms with Crippen molar-refractivity contribution in [2.45, 2.75) is 26.6 Å². The van der Waals surface area contributed by atoms with Crippen molar-refractivity contribution in [3.8, 4) is 5.75 Å². The van der Waals surface area contributed by atoms with Crippen LogP contribution < -0.4 is 4.74 Å². The SMILES string of the molecule is Cc1cc(C(C)O)ccc1OCc1ccc(Cl)c(Cl)c1. The molecule has 106 valence electrons. The lowest BCUT2D eigenvalue weighted by molar-refractivity contribution is 0.199. The van der Waals surface area contributed by atoms with Crippen LogP contribution in [0.5, 0.6) is 5.75 Å². The van der Waals surface area contributed by atoms with E-state index in [0.717, 1.165) is 22.4 Å².